The highest BCUT2D eigenvalue weighted by Gasteiger charge is 2.15. The SMILES string of the molecule is O=C(O)c1ccc(CCNS(=O)(=O)c2ccc3ccc(OCc4ccc5ccccc5n4)cc3c2)c(F)c1. The number of para-hydroxylation sites is 1. The zero-order valence-corrected chi connectivity index (χ0v) is 20.9. The first-order valence-electron chi connectivity index (χ1n) is 11.8. The van der Waals surface area contributed by atoms with E-state index in [0.29, 0.717) is 11.1 Å². The fraction of sp³-hybridized carbons (Fsp3) is 0.103. The van der Waals surface area contributed by atoms with Gasteiger partial charge in [0.2, 0.25) is 10.0 Å². The highest BCUT2D eigenvalue weighted by atomic mass is 32.2. The molecule has 0 amide bonds. The number of halogens is 1. The number of hydrogen-bond acceptors (Lipinski definition) is 5. The van der Waals surface area contributed by atoms with Crippen LogP contribution >= 0.6 is 0 Å². The Kier molecular flexibility index (Phi) is 7.04. The van der Waals surface area contributed by atoms with Crippen LogP contribution in [0.4, 0.5) is 4.39 Å². The molecule has 0 aliphatic heterocycles. The highest BCUT2D eigenvalue weighted by molar-refractivity contribution is 7.89. The summed E-state index contributed by atoms with van der Waals surface area (Å²) in [6.07, 6.45) is 0.0688. The molecule has 5 aromatic rings. The normalized spacial score (nSPS) is 11.6. The minimum atomic E-state index is -3.86. The van der Waals surface area contributed by atoms with Gasteiger partial charge >= 0.3 is 5.97 Å². The number of aromatic carboxylic acids is 1. The number of hydrogen-bond donors (Lipinski definition) is 2. The fourth-order valence-electron chi connectivity index (χ4n) is 4.09. The number of nitrogens with zero attached hydrogens (tertiary/aromatic N) is 1. The number of pyridine rings is 1. The van der Waals surface area contributed by atoms with Crippen LogP contribution in [0.3, 0.4) is 0 Å². The van der Waals surface area contributed by atoms with Crippen molar-refractivity contribution in [1.82, 2.24) is 9.71 Å². The van der Waals surface area contributed by atoms with Gasteiger partial charge in [-0.1, -0.05) is 42.5 Å². The molecule has 2 N–H and O–H groups in total. The van der Waals surface area contributed by atoms with Gasteiger partial charge in [-0.2, -0.15) is 0 Å². The van der Waals surface area contributed by atoms with Crippen molar-refractivity contribution in [2.45, 2.75) is 17.9 Å². The molecule has 4 aromatic carbocycles. The van der Waals surface area contributed by atoms with Crippen molar-refractivity contribution >= 4 is 37.7 Å². The predicted octanol–water partition coefficient (Wildman–Crippen LogP) is 5.33. The van der Waals surface area contributed by atoms with E-state index in [2.05, 4.69) is 9.71 Å². The number of nitrogens with one attached hydrogen (secondary N) is 1. The van der Waals surface area contributed by atoms with Crippen LogP contribution in [-0.4, -0.2) is 31.0 Å². The molecule has 0 atom stereocenters. The lowest BCUT2D eigenvalue weighted by Gasteiger charge is -2.10. The van der Waals surface area contributed by atoms with Crippen molar-refractivity contribution in [3.8, 4) is 5.75 Å². The maximum absolute atomic E-state index is 14.1. The molecule has 0 radical (unpaired) electrons. The average molecular weight is 531 g/mol. The smallest absolute Gasteiger partial charge is 0.335 e. The Bertz CT molecular complexity index is 1770. The topological polar surface area (TPSA) is 106 Å². The monoisotopic (exact) mass is 530 g/mol. The molecular weight excluding hydrogens is 507 g/mol. The number of fused-ring (bicyclic) bond motifs is 2. The van der Waals surface area contributed by atoms with E-state index in [1.165, 1.54) is 18.2 Å². The average Bonchev–Trinajstić information content (AvgIpc) is 2.92. The summed E-state index contributed by atoms with van der Waals surface area (Å²) in [5.41, 5.74) is 1.71. The molecule has 0 fully saturated rings. The van der Waals surface area contributed by atoms with E-state index in [1.54, 1.807) is 18.2 Å². The Balaban J connectivity index is 1.26. The predicted molar refractivity (Wildman–Crippen MR) is 142 cm³/mol. The van der Waals surface area contributed by atoms with E-state index in [9.17, 15) is 17.6 Å². The second kappa shape index (κ2) is 10.6. The lowest BCUT2D eigenvalue weighted by molar-refractivity contribution is 0.0696. The fourth-order valence-corrected chi connectivity index (χ4v) is 5.16. The van der Waals surface area contributed by atoms with Gasteiger partial charge in [0.15, 0.2) is 0 Å². The van der Waals surface area contributed by atoms with Crippen LogP contribution in [0.5, 0.6) is 5.75 Å². The summed E-state index contributed by atoms with van der Waals surface area (Å²) in [5.74, 6) is -1.34. The highest BCUT2D eigenvalue weighted by Crippen LogP contribution is 2.25. The summed E-state index contributed by atoms with van der Waals surface area (Å²) < 4.78 is 48.3. The van der Waals surface area contributed by atoms with Crippen LogP contribution in [0.25, 0.3) is 21.7 Å². The van der Waals surface area contributed by atoms with E-state index < -0.39 is 21.8 Å². The van der Waals surface area contributed by atoms with Gasteiger partial charge in [-0.15, -0.1) is 0 Å². The van der Waals surface area contributed by atoms with Crippen molar-refractivity contribution in [2.75, 3.05) is 6.54 Å². The number of carbonyl (C=O) groups is 1. The van der Waals surface area contributed by atoms with E-state index in [4.69, 9.17) is 9.84 Å². The summed E-state index contributed by atoms with van der Waals surface area (Å²) in [5, 5.41) is 11.5. The van der Waals surface area contributed by atoms with E-state index >= 15 is 0 Å². The van der Waals surface area contributed by atoms with Gasteiger partial charge in [-0.05, 0) is 71.3 Å². The molecule has 1 aromatic heterocycles. The Morgan fingerprint density at radius 2 is 1.68 bits per heavy atom. The Morgan fingerprint density at radius 1 is 0.895 bits per heavy atom. The Hall–Kier alpha value is -4.34. The first-order chi connectivity index (χ1) is 18.3. The summed E-state index contributed by atoms with van der Waals surface area (Å²) in [7, 11) is -3.86. The lowest BCUT2D eigenvalue weighted by atomic mass is 10.1. The first-order valence-corrected chi connectivity index (χ1v) is 13.3. The molecule has 192 valence electrons. The Morgan fingerprint density at radius 3 is 2.50 bits per heavy atom. The third-order valence-corrected chi connectivity index (χ3v) is 7.58. The van der Waals surface area contributed by atoms with Crippen molar-refractivity contribution in [1.29, 1.82) is 0 Å². The molecule has 7 nitrogen and oxygen atoms in total. The molecule has 0 aliphatic rings. The van der Waals surface area contributed by atoms with Gasteiger partial charge in [0.1, 0.15) is 18.2 Å². The van der Waals surface area contributed by atoms with Crippen LogP contribution in [0.2, 0.25) is 0 Å². The van der Waals surface area contributed by atoms with Crippen LogP contribution < -0.4 is 9.46 Å². The van der Waals surface area contributed by atoms with Crippen LogP contribution in [-0.2, 0) is 23.1 Å². The number of carboxylic acid groups (broad SMARTS) is 1. The second-order valence-electron chi connectivity index (χ2n) is 8.71. The lowest BCUT2D eigenvalue weighted by Crippen LogP contribution is -2.26. The van der Waals surface area contributed by atoms with Crippen molar-refractivity contribution < 1.29 is 27.4 Å². The van der Waals surface area contributed by atoms with Gasteiger partial charge in [0.05, 0.1) is 21.7 Å². The van der Waals surface area contributed by atoms with Crippen molar-refractivity contribution in [2.24, 2.45) is 0 Å². The van der Waals surface area contributed by atoms with Gasteiger partial charge in [0.25, 0.3) is 0 Å². The quantitative estimate of drug-likeness (QED) is 0.267. The first kappa shape index (κ1) is 25.3. The van der Waals surface area contributed by atoms with Gasteiger partial charge in [0, 0.05) is 11.9 Å². The molecule has 0 spiro atoms. The number of benzene rings is 4. The maximum Gasteiger partial charge on any atom is 0.335 e. The maximum atomic E-state index is 14.1. The Labute approximate surface area is 218 Å². The van der Waals surface area contributed by atoms with Crippen molar-refractivity contribution in [3.05, 3.63) is 114 Å². The van der Waals surface area contributed by atoms with E-state index in [1.807, 2.05) is 48.5 Å². The minimum absolute atomic E-state index is 0.0500. The summed E-state index contributed by atoms with van der Waals surface area (Å²) in [6, 6.07) is 25.5. The van der Waals surface area contributed by atoms with Gasteiger partial charge < -0.3 is 9.84 Å². The molecular formula is C29H23FN2O5S. The molecule has 1 heterocycles. The van der Waals surface area contributed by atoms with Crippen LogP contribution in [0.1, 0.15) is 21.6 Å². The molecule has 0 bridgehead atoms. The van der Waals surface area contributed by atoms with Gasteiger partial charge in [-0.25, -0.2) is 27.3 Å². The molecule has 0 saturated heterocycles. The number of sulfonamides is 1. The van der Waals surface area contributed by atoms with Crippen molar-refractivity contribution in [3.63, 3.8) is 0 Å². The standard InChI is InChI=1S/C29H23FN2O5S/c30-27-17-22(29(33)34)6-5-20(27)13-14-31-38(35,36)26-12-9-19-8-11-25(15-23(19)16-26)37-18-24-10-7-21-3-1-2-4-28(21)32-24/h1-12,15-17,31H,13-14,18H2,(H,33,34). The molecule has 9 heteroatoms. The minimum Gasteiger partial charge on any atom is -0.487 e. The third-order valence-electron chi connectivity index (χ3n) is 6.12. The third kappa shape index (κ3) is 5.64. The van der Waals surface area contributed by atoms with E-state index in [-0.39, 0.29) is 35.6 Å². The van der Waals surface area contributed by atoms with E-state index in [0.717, 1.165) is 28.0 Å². The largest absolute Gasteiger partial charge is 0.487 e. The number of aromatic nitrogens is 1. The van der Waals surface area contributed by atoms with Gasteiger partial charge in [-0.3, -0.25) is 0 Å². The molecule has 38 heavy (non-hydrogen) atoms. The summed E-state index contributed by atoms with van der Waals surface area (Å²) in [6.45, 7) is 0.214. The zero-order valence-electron chi connectivity index (χ0n) is 20.1. The van der Waals surface area contributed by atoms with Crippen LogP contribution in [0, 0.1) is 5.82 Å². The molecule has 0 unspecified atom stereocenters. The summed E-state index contributed by atoms with van der Waals surface area (Å²) >= 11 is 0. The molecule has 0 saturated carbocycles. The molecule has 5 rings (SSSR count). The second-order valence-corrected chi connectivity index (χ2v) is 10.5. The molecule has 0 aliphatic carbocycles. The van der Waals surface area contributed by atoms with Crippen LogP contribution in [0.15, 0.2) is 95.9 Å². The zero-order chi connectivity index (χ0) is 26.7. The number of rotatable bonds is 9. The number of ether oxygens (including phenoxy) is 1. The summed E-state index contributed by atoms with van der Waals surface area (Å²) in [4.78, 5) is 15.6. The number of carboxylic acids is 1.